The summed E-state index contributed by atoms with van der Waals surface area (Å²) in [6.45, 7) is 6.11. The summed E-state index contributed by atoms with van der Waals surface area (Å²) < 4.78 is 13.3. The first-order chi connectivity index (χ1) is 11.0. The van der Waals surface area contributed by atoms with Gasteiger partial charge in [-0.25, -0.2) is 9.38 Å². The standard InChI is InChI=1S/C18H29FN4.HI/c1-5-20-18(22-12-17(23(3)4)15-7-8-15)21-11-14-6-9-16(19)13(2)10-14;/h6,9-10,15,17H,5,7-8,11-12H2,1-4H3,(H2,20,21,22);1H. The molecule has 0 aromatic heterocycles. The summed E-state index contributed by atoms with van der Waals surface area (Å²) in [7, 11) is 4.27. The fourth-order valence-electron chi connectivity index (χ4n) is 2.77. The molecule has 0 aliphatic heterocycles. The molecule has 0 bridgehead atoms. The molecule has 4 nitrogen and oxygen atoms in total. The molecule has 1 fully saturated rings. The molecule has 136 valence electrons. The number of hydrogen-bond acceptors (Lipinski definition) is 2. The van der Waals surface area contributed by atoms with Gasteiger partial charge in [-0.15, -0.1) is 24.0 Å². The highest BCUT2D eigenvalue weighted by Crippen LogP contribution is 2.34. The molecule has 0 heterocycles. The lowest BCUT2D eigenvalue weighted by molar-refractivity contribution is 0.264. The molecule has 1 aromatic carbocycles. The van der Waals surface area contributed by atoms with Crippen LogP contribution in [0, 0.1) is 18.7 Å². The van der Waals surface area contributed by atoms with E-state index < -0.39 is 0 Å². The maximum Gasteiger partial charge on any atom is 0.191 e. The lowest BCUT2D eigenvalue weighted by atomic mass is 10.1. The molecule has 1 aromatic rings. The number of nitrogens with one attached hydrogen (secondary N) is 2. The van der Waals surface area contributed by atoms with E-state index in [4.69, 9.17) is 0 Å². The number of rotatable bonds is 7. The molecule has 24 heavy (non-hydrogen) atoms. The van der Waals surface area contributed by atoms with Gasteiger partial charge in [0.2, 0.25) is 0 Å². The predicted octanol–water partition coefficient (Wildman–Crippen LogP) is 3.15. The lowest BCUT2D eigenvalue weighted by Crippen LogP contribution is -2.46. The van der Waals surface area contributed by atoms with E-state index in [1.54, 1.807) is 13.0 Å². The molecular weight excluding hydrogens is 418 g/mol. The Morgan fingerprint density at radius 3 is 2.58 bits per heavy atom. The lowest BCUT2D eigenvalue weighted by Gasteiger charge is -2.25. The van der Waals surface area contributed by atoms with Crippen LogP contribution in [-0.2, 0) is 6.54 Å². The van der Waals surface area contributed by atoms with Crippen LogP contribution in [0.4, 0.5) is 4.39 Å². The summed E-state index contributed by atoms with van der Waals surface area (Å²) in [5.41, 5.74) is 1.68. The van der Waals surface area contributed by atoms with Crippen molar-refractivity contribution in [1.82, 2.24) is 15.5 Å². The topological polar surface area (TPSA) is 39.7 Å². The van der Waals surface area contributed by atoms with E-state index in [0.29, 0.717) is 18.2 Å². The third-order valence-electron chi connectivity index (χ3n) is 4.29. The van der Waals surface area contributed by atoms with Crippen molar-refractivity contribution in [2.75, 3.05) is 27.2 Å². The largest absolute Gasteiger partial charge is 0.357 e. The van der Waals surface area contributed by atoms with Crippen molar-refractivity contribution in [3.05, 3.63) is 35.1 Å². The summed E-state index contributed by atoms with van der Waals surface area (Å²) in [6.07, 6.45) is 2.65. The number of guanidine groups is 1. The first kappa shape index (κ1) is 21.2. The van der Waals surface area contributed by atoms with Crippen LogP contribution >= 0.6 is 24.0 Å². The minimum absolute atomic E-state index is 0. The van der Waals surface area contributed by atoms with Gasteiger partial charge in [-0.2, -0.15) is 0 Å². The highest BCUT2D eigenvalue weighted by molar-refractivity contribution is 14.0. The SMILES string of the molecule is CCNC(=NCc1ccc(F)c(C)c1)NCC(C1CC1)N(C)C.I. The minimum atomic E-state index is -0.166. The van der Waals surface area contributed by atoms with Gasteiger partial charge in [0.25, 0.3) is 0 Å². The van der Waals surface area contributed by atoms with Crippen molar-refractivity contribution in [2.24, 2.45) is 10.9 Å². The molecule has 0 spiro atoms. The summed E-state index contributed by atoms with van der Waals surface area (Å²) in [5, 5.41) is 6.72. The van der Waals surface area contributed by atoms with Crippen LogP contribution in [0.5, 0.6) is 0 Å². The second-order valence-corrected chi connectivity index (χ2v) is 6.53. The summed E-state index contributed by atoms with van der Waals surface area (Å²) in [4.78, 5) is 6.91. The number of hydrogen-bond donors (Lipinski definition) is 2. The fourth-order valence-corrected chi connectivity index (χ4v) is 2.77. The smallest absolute Gasteiger partial charge is 0.191 e. The van der Waals surface area contributed by atoms with Crippen LogP contribution in [0.15, 0.2) is 23.2 Å². The van der Waals surface area contributed by atoms with Crippen molar-refractivity contribution in [3.8, 4) is 0 Å². The number of benzene rings is 1. The van der Waals surface area contributed by atoms with E-state index in [1.807, 2.05) is 6.07 Å². The van der Waals surface area contributed by atoms with Gasteiger partial charge in [0.15, 0.2) is 5.96 Å². The molecule has 1 atom stereocenters. The van der Waals surface area contributed by atoms with E-state index in [9.17, 15) is 4.39 Å². The normalized spacial score (nSPS) is 15.8. The quantitative estimate of drug-likeness (QED) is 0.383. The molecule has 1 aliphatic rings. The van der Waals surface area contributed by atoms with Crippen molar-refractivity contribution < 1.29 is 4.39 Å². The average Bonchev–Trinajstić information content (AvgIpc) is 3.32. The van der Waals surface area contributed by atoms with Crippen LogP contribution in [0.2, 0.25) is 0 Å². The maximum atomic E-state index is 13.3. The first-order valence-corrected chi connectivity index (χ1v) is 8.45. The maximum absolute atomic E-state index is 13.3. The van der Waals surface area contributed by atoms with Gasteiger partial charge in [-0.05, 0) is 63.9 Å². The van der Waals surface area contributed by atoms with E-state index in [1.165, 1.54) is 18.9 Å². The predicted molar refractivity (Wildman–Crippen MR) is 110 cm³/mol. The van der Waals surface area contributed by atoms with Gasteiger partial charge < -0.3 is 15.5 Å². The highest BCUT2D eigenvalue weighted by atomic mass is 127. The second-order valence-electron chi connectivity index (χ2n) is 6.53. The number of nitrogens with zero attached hydrogens (tertiary/aromatic N) is 2. The van der Waals surface area contributed by atoms with Gasteiger partial charge in [-0.1, -0.05) is 12.1 Å². The Morgan fingerprint density at radius 2 is 2.04 bits per heavy atom. The number of likely N-dealkylation sites (N-methyl/N-ethyl adjacent to an activating group) is 1. The zero-order valence-corrected chi connectivity index (χ0v) is 17.4. The van der Waals surface area contributed by atoms with Gasteiger partial charge in [0.05, 0.1) is 6.54 Å². The first-order valence-electron chi connectivity index (χ1n) is 8.45. The van der Waals surface area contributed by atoms with E-state index in [0.717, 1.165) is 30.5 Å². The Balaban J connectivity index is 0.00000288. The van der Waals surface area contributed by atoms with Crippen molar-refractivity contribution in [2.45, 2.75) is 39.3 Å². The summed E-state index contributed by atoms with van der Waals surface area (Å²) in [5.74, 6) is 1.46. The molecule has 0 radical (unpaired) electrons. The Labute approximate surface area is 162 Å². The van der Waals surface area contributed by atoms with Crippen LogP contribution < -0.4 is 10.6 Å². The zero-order chi connectivity index (χ0) is 16.8. The molecule has 1 saturated carbocycles. The molecule has 1 unspecified atom stereocenters. The van der Waals surface area contributed by atoms with Crippen molar-refractivity contribution in [3.63, 3.8) is 0 Å². The van der Waals surface area contributed by atoms with Crippen LogP contribution in [0.1, 0.15) is 30.9 Å². The van der Waals surface area contributed by atoms with E-state index in [2.05, 4.69) is 41.5 Å². The van der Waals surface area contributed by atoms with Crippen LogP contribution in [-0.4, -0.2) is 44.1 Å². The van der Waals surface area contributed by atoms with Crippen molar-refractivity contribution >= 4 is 29.9 Å². The highest BCUT2D eigenvalue weighted by Gasteiger charge is 2.32. The van der Waals surface area contributed by atoms with Gasteiger partial charge >= 0.3 is 0 Å². The van der Waals surface area contributed by atoms with Gasteiger partial charge in [0.1, 0.15) is 5.82 Å². The molecule has 2 rings (SSSR count). The molecule has 1 aliphatic carbocycles. The molecule has 0 amide bonds. The molecule has 0 saturated heterocycles. The monoisotopic (exact) mass is 448 g/mol. The van der Waals surface area contributed by atoms with E-state index >= 15 is 0 Å². The van der Waals surface area contributed by atoms with Gasteiger partial charge in [-0.3, -0.25) is 0 Å². The third-order valence-corrected chi connectivity index (χ3v) is 4.29. The Kier molecular flexibility index (Phi) is 8.97. The molecular formula is C18H30FIN4. The zero-order valence-electron chi connectivity index (χ0n) is 15.1. The molecule has 2 N–H and O–H groups in total. The number of aryl methyl sites for hydroxylation is 1. The van der Waals surface area contributed by atoms with Crippen LogP contribution in [0.3, 0.4) is 0 Å². The van der Waals surface area contributed by atoms with Crippen molar-refractivity contribution in [1.29, 1.82) is 0 Å². The Hall–Kier alpha value is -0.890. The number of halogens is 2. The summed E-state index contributed by atoms with van der Waals surface area (Å²) in [6, 6.07) is 5.71. The fraction of sp³-hybridized carbons (Fsp3) is 0.611. The second kappa shape index (κ2) is 10.2. The third kappa shape index (κ3) is 6.55. The Morgan fingerprint density at radius 1 is 1.33 bits per heavy atom. The van der Waals surface area contributed by atoms with Gasteiger partial charge in [0, 0.05) is 19.1 Å². The average molecular weight is 448 g/mol. The molecule has 6 heteroatoms. The minimum Gasteiger partial charge on any atom is -0.357 e. The number of aliphatic imine (C=N–C) groups is 1. The van der Waals surface area contributed by atoms with E-state index in [-0.39, 0.29) is 29.8 Å². The summed E-state index contributed by atoms with van der Waals surface area (Å²) >= 11 is 0. The Bertz CT molecular complexity index is 542. The van der Waals surface area contributed by atoms with Crippen LogP contribution in [0.25, 0.3) is 0 Å².